The maximum atomic E-state index is 4.82. The lowest BCUT2D eigenvalue weighted by Gasteiger charge is -2.10. The standard InChI is InChI=1S/C35H18N2S3/c1-4-14-24-21(10-1)30-31(37(24)25-15-7-12-20-19-9-2-5-16-26(19)38-32(20)25)34-28(22-11-3-6-17-27(22)39-34)29-23-13-8-18-36-35(23)40-33(29)30/h1-18H. The van der Waals surface area contributed by atoms with Gasteiger partial charge in [-0.05, 0) is 36.4 Å². The van der Waals surface area contributed by atoms with Crippen molar-refractivity contribution in [3.05, 3.63) is 109 Å². The maximum Gasteiger partial charge on any atom is 0.124 e. The van der Waals surface area contributed by atoms with Crippen molar-refractivity contribution in [3.63, 3.8) is 0 Å². The first kappa shape index (κ1) is 21.5. The molecule has 0 saturated heterocycles. The zero-order valence-electron chi connectivity index (χ0n) is 21.0. The van der Waals surface area contributed by atoms with Crippen LogP contribution in [-0.4, -0.2) is 9.55 Å². The van der Waals surface area contributed by atoms with Gasteiger partial charge in [0.2, 0.25) is 0 Å². The van der Waals surface area contributed by atoms with Gasteiger partial charge in [0.05, 0.1) is 26.1 Å². The lowest BCUT2D eigenvalue weighted by molar-refractivity contribution is 1.21. The normalized spacial score (nSPS) is 12.5. The number of pyridine rings is 1. The number of para-hydroxylation sites is 1. The van der Waals surface area contributed by atoms with Crippen LogP contribution in [0.3, 0.4) is 0 Å². The molecule has 186 valence electrons. The van der Waals surface area contributed by atoms with Crippen molar-refractivity contribution in [3.8, 4) is 5.69 Å². The molecule has 0 bridgehead atoms. The van der Waals surface area contributed by atoms with Crippen molar-refractivity contribution in [2.75, 3.05) is 0 Å². The summed E-state index contributed by atoms with van der Waals surface area (Å²) in [7, 11) is 0. The summed E-state index contributed by atoms with van der Waals surface area (Å²) in [5.74, 6) is 0. The molecule has 0 aliphatic carbocycles. The van der Waals surface area contributed by atoms with Gasteiger partial charge in [-0.2, -0.15) is 0 Å². The summed E-state index contributed by atoms with van der Waals surface area (Å²) in [4.78, 5) is 5.93. The zero-order chi connectivity index (χ0) is 25.9. The van der Waals surface area contributed by atoms with Gasteiger partial charge < -0.3 is 4.57 Å². The van der Waals surface area contributed by atoms with Gasteiger partial charge in [0, 0.05) is 63.4 Å². The van der Waals surface area contributed by atoms with Crippen LogP contribution in [-0.2, 0) is 0 Å². The molecular weight excluding hydrogens is 545 g/mol. The van der Waals surface area contributed by atoms with Gasteiger partial charge in [-0.25, -0.2) is 4.98 Å². The summed E-state index contributed by atoms with van der Waals surface area (Å²) in [5, 5.41) is 10.6. The maximum absolute atomic E-state index is 4.82. The Bertz CT molecular complexity index is 2660. The fraction of sp³-hybridized carbons (Fsp3) is 0. The molecule has 0 unspecified atom stereocenters. The number of hydrogen-bond donors (Lipinski definition) is 0. The Balaban J connectivity index is 1.54. The summed E-state index contributed by atoms with van der Waals surface area (Å²) in [6, 6.07) is 37.7. The fourth-order valence-electron chi connectivity index (χ4n) is 6.66. The molecule has 5 aromatic heterocycles. The number of benzene rings is 5. The highest BCUT2D eigenvalue weighted by Gasteiger charge is 2.25. The van der Waals surface area contributed by atoms with Crippen LogP contribution in [0.4, 0.5) is 0 Å². The molecule has 10 aromatic rings. The first-order chi connectivity index (χ1) is 19.9. The molecule has 0 fully saturated rings. The Morgan fingerprint density at radius 3 is 2.05 bits per heavy atom. The summed E-state index contributed by atoms with van der Waals surface area (Å²) in [5.41, 5.74) is 3.81. The fourth-order valence-corrected chi connectivity index (χ4v) is 10.3. The molecule has 0 aliphatic heterocycles. The van der Waals surface area contributed by atoms with Crippen molar-refractivity contribution in [2.24, 2.45) is 0 Å². The monoisotopic (exact) mass is 562 g/mol. The van der Waals surface area contributed by atoms with Crippen LogP contribution in [0, 0.1) is 0 Å². The van der Waals surface area contributed by atoms with Crippen LogP contribution >= 0.6 is 34.0 Å². The van der Waals surface area contributed by atoms with E-state index in [1.54, 1.807) is 0 Å². The SMILES string of the molecule is c1ccc2c(c1)sc1c(-n3c4ccccc4c4c5sc6ncccc6c5c5c6ccccc6sc5c43)cccc12. The third kappa shape index (κ3) is 2.60. The Labute approximate surface area is 240 Å². The second-order valence-electron chi connectivity index (χ2n) is 10.3. The Morgan fingerprint density at radius 1 is 0.475 bits per heavy atom. The van der Waals surface area contributed by atoms with Gasteiger partial charge in [-0.15, -0.1) is 34.0 Å². The second-order valence-corrected chi connectivity index (χ2v) is 13.4. The molecule has 40 heavy (non-hydrogen) atoms. The molecule has 5 heterocycles. The van der Waals surface area contributed by atoms with E-state index in [-0.39, 0.29) is 0 Å². The van der Waals surface area contributed by atoms with E-state index in [0.717, 1.165) is 4.83 Å². The van der Waals surface area contributed by atoms with Gasteiger partial charge in [0.1, 0.15) is 4.83 Å². The summed E-state index contributed by atoms with van der Waals surface area (Å²) < 4.78 is 9.22. The molecular formula is C35H18N2S3. The number of aromatic nitrogens is 2. The first-order valence-electron chi connectivity index (χ1n) is 13.3. The van der Waals surface area contributed by atoms with Crippen molar-refractivity contribution in [1.82, 2.24) is 9.55 Å². The van der Waals surface area contributed by atoms with Crippen molar-refractivity contribution in [1.29, 1.82) is 0 Å². The van der Waals surface area contributed by atoms with Crippen LogP contribution in [0.1, 0.15) is 0 Å². The van der Waals surface area contributed by atoms with Gasteiger partial charge in [-0.3, -0.25) is 0 Å². The van der Waals surface area contributed by atoms with E-state index in [1.807, 2.05) is 40.2 Å². The highest BCUT2D eigenvalue weighted by atomic mass is 32.1. The molecule has 0 atom stereocenters. The Morgan fingerprint density at radius 2 is 1.15 bits per heavy atom. The smallest absolute Gasteiger partial charge is 0.124 e. The topological polar surface area (TPSA) is 17.8 Å². The average Bonchev–Trinajstić information content (AvgIpc) is 3.75. The number of hydrogen-bond acceptors (Lipinski definition) is 4. The number of nitrogens with zero attached hydrogens (tertiary/aromatic N) is 2. The van der Waals surface area contributed by atoms with Gasteiger partial charge in [0.25, 0.3) is 0 Å². The summed E-state index contributed by atoms with van der Waals surface area (Å²) >= 11 is 5.65. The van der Waals surface area contributed by atoms with Crippen LogP contribution < -0.4 is 0 Å². The second kappa shape index (κ2) is 7.67. The van der Waals surface area contributed by atoms with E-state index in [2.05, 4.69) is 108 Å². The zero-order valence-corrected chi connectivity index (χ0v) is 23.5. The van der Waals surface area contributed by atoms with Gasteiger partial charge in [0.15, 0.2) is 0 Å². The average molecular weight is 563 g/mol. The highest BCUT2D eigenvalue weighted by molar-refractivity contribution is 7.29. The molecule has 0 aliphatic rings. The van der Waals surface area contributed by atoms with E-state index in [0.29, 0.717) is 0 Å². The quantitative estimate of drug-likeness (QED) is 0.195. The van der Waals surface area contributed by atoms with Crippen molar-refractivity contribution in [2.45, 2.75) is 0 Å². The van der Waals surface area contributed by atoms with Crippen LogP contribution in [0.2, 0.25) is 0 Å². The summed E-state index contributed by atoms with van der Waals surface area (Å²) in [6.07, 6.45) is 1.92. The molecule has 0 spiro atoms. The Hall–Kier alpha value is -4.29. The molecule has 0 N–H and O–H groups in total. The van der Waals surface area contributed by atoms with Crippen LogP contribution in [0.15, 0.2) is 109 Å². The third-order valence-corrected chi connectivity index (χ3v) is 11.8. The van der Waals surface area contributed by atoms with Crippen LogP contribution in [0.25, 0.3) is 88.1 Å². The largest absolute Gasteiger partial charge is 0.306 e. The third-order valence-electron chi connectivity index (χ3n) is 8.25. The minimum absolute atomic E-state index is 1.10. The number of rotatable bonds is 1. The van der Waals surface area contributed by atoms with E-state index in [9.17, 15) is 0 Å². The molecule has 5 heteroatoms. The lowest BCUT2D eigenvalue weighted by Crippen LogP contribution is -1.94. The van der Waals surface area contributed by atoms with Gasteiger partial charge >= 0.3 is 0 Å². The number of fused-ring (bicyclic) bond motifs is 15. The Kier molecular flexibility index (Phi) is 4.13. The molecule has 10 rings (SSSR count). The lowest BCUT2D eigenvalue weighted by atomic mass is 10.0. The van der Waals surface area contributed by atoms with Crippen LogP contribution in [0.5, 0.6) is 0 Å². The van der Waals surface area contributed by atoms with Gasteiger partial charge in [-0.1, -0.05) is 66.7 Å². The van der Waals surface area contributed by atoms with E-state index >= 15 is 0 Å². The minimum Gasteiger partial charge on any atom is -0.306 e. The van der Waals surface area contributed by atoms with E-state index in [4.69, 9.17) is 4.98 Å². The molecule has 0 amide bonds. The molecule has 5 aromatic carbocycles. The number of thiophene rings is 3. The summed E-state index contributed by atoms with van der Waals surface area (Å²) in [6.45, 7) is 0. The highest BCUT2D eigenvalue weighted by Crippen LogP contribution is 2.52. The predicted molar refractivity (Wildman–Crippen MR) is 177 cm³/mol. The molecule has 0 saturated carbocycles. The van der Waals surface area contributed by atoms with Crippen molar-refractivity contribution >= 4 is 116 Å². The first-order valence-corrected chi connectivity index (χ1v) is 15.8. The van der Waals surface area contributed by atoms with E-state index < -0.39 is 0 Å². The minimum atomic E-state index is 1.10. The molecule has 0 radical (unpaired) electrons. The van der Waals surface area contributed by atoms with E-state index in [1.165, 1.54) is 83.3 Å². The molecule has 2 nitrogen and oxygen atoms in total. The predicted octanol–water partition coefficient (Wildman–Crippen LogP) is 11.3. The van der Waals surface area contributed by atoms with Crippen molar-refractivity contribution < 1.29 is 0 Å².